The molecular weight excluding hydrogens is 411 g/mol. The number of rotatable bonds is 6. The summed E-state index contributed by atoms with van der Waals surface area (Å²) < 4.78 is 54.6. The van der Waals surface area contributed by atoms with E-state index >= 15 is 0 Å². The van der Waals surface area contributed by atoms with Gasteiger partial charge in [-0.05, 0) is 49.7 Å². The summed E-state index contributed by atoms with van der Waals surface area (Å²) in [7, 11) is 3.26. The number of benzene rings is 2. The average Bonchev–Trinajstić information content (AvgIpc) is 3.43. The van der Waals surface area contributed by atoms with Crippen LogP contribution in [-0.4, -0.2) is 35.8 Å². The first-order valence-electron chi connectivity index (χ1n) is 9.85. The van der Waals surface area contributed by atoms with E-state index < -0.39 is 11.7 Å². The number of nitrogens with zero attached hydrogens (tertiary/aromatic N) is 3. The van der Waals surface area contributed by atoms with Gasteiger partial charge < -0.3 is 14.0 Å². The summed E-state index contributed by atoms with van der Waals surface area (Å²) in [5.74, 6) is 2.21. The third-order valence-electron chi connectivity index (χ3n) is 5.44. The Morgan fingerprint density at radius 3 is 2.55 bits per heavy atom. The van der Waals surface area contributed by atoms with Crippen LogP contribution in [0.15, 0.2) is 47.0 Å². The van der Waals surface area contributed by atoms with Gasteiger partial charge in [-0.3, -0.25) is 4.90 Å². The lowest BCUT2D eigenvalue weighted by Crippen LogP contribution is -2.23. The molecule has 0 spiro atoms. The fourth-order valence-corrected chi connectivity index (χ4v) is 3.89. The fraction of sp³-hybridized carbons (Fsp3) is 0.364. The standard InChI is InChI=1S/C22H22F3N3O3/c1-29-16-9-10-19(30-2)17(12-16)18-4-3-11-28(18)13-20-26-21(27-31-20)14-5-7-15(8-6-14)22(23,24)25/h5-10,12,18H,3-4,11,13H2,1-2H3. The largest absolute Gasteiger partial charge is 0.497 e. The van der Waals surface area contributed by atoms with Crippen molar-refractivity contribution < 1.29 is 27.2 Å². The Morgan fingerprint density at radius 2 is 1.87 bits per heavy atom. The van der Waals surface area contributed by atoms with Crippen LogP contribution in [0.4, 0.5) is 13.2 Å². The van der Waals surface area contributed by atoms with Gasteiger partial charge in [0.1, 0.15) is 11.5 Å². The van der Waals surface area contributed by atoms with Crippen LogP contribution in [-0.2, 0) is 12.7 Å². The highest BCUT2D eigenvalue weighted by molar-refractivity contribution is 5.54. The van der Waals surface area contributed by atoms with E-state index in [9.17, 15) is 13.2 Å². The summed E-state index contributed by atoms with van der Waals surface area (Å²) >= 11 is 0. The summed E-state index contributed by atoms with van der Waals surface area (Å²) in [6, 6.07) is 10.5. The molecule has 0 radical (unpaired) electrons. The molecule has 6 nitrogen and oxygen atoms in total. The van der Waals surface area contributed by atoms with E-state index in [0.717, 1.165) is 48.6 Å². The summed E-state index contributed by atoms with van der Waals surface area (Å²) in [6.07, 6.45) is -2.43. The second kappa shape index (κ2) is 8.58. The van der Waals surface area contributed by atoms with Crippen LogP contribution in [0.5, 0.6) is 11.5 Å². The third kappa shape index (κ3) is 4.51. The Kier molecular flexibility index (Phi) is 5.86. The van der Waals surface area contributed by atoms with Gasteiger partial charge in [-0.15, -0.1) is 0 Å². The number of hydrogen-bond acceptors (Lipinski definition) is 6. The molecule has 0 saturated carbocycles. The van der Waals surface area contributed by atoms with Crippen LogP contribution in [0.1, 0.15) is 35.9 Å². The van der Waals surface area contributed by atoms with Crippen LogP contribution in [0.25, 0.3) is 11.4 Å². The number of hydrogen-bond donors (Lipinski definition) is 0. The molecule has 1 saturated heterocycles. The van der Waals surface area contributed by atoms with Crippen molar-refractivity contribution in [2.24, 2.45) is 0 Å². The van der Waals surface area contributed by atoms with E-state index in [4.69, 9.17) is 14.0 Å². The molecule has 0 amide bonds. The zero-order valence-corrected chi connectivity index (χ0v) is 17.1. The van der Waals surface area contributed by atoms with Crippen molar-refractivity contribution in [2.45, 2.75) is 31.6 Å². The summed E-state index contributed by atoms with van der Waals surface area (Å²) in [5.41, 5.74) is 0.782. The van der Waals surface area contributed by atoms with Crippen LogP contribution >= 0.6 is 0 Å². The molecule has 3 aromatic rings. The number of halogens is 3. The molecule has 0 N–H and O–H groups in total. The number of likely N-dealkylation sites (tertiary alicyclic amines) is 1. The summed E-state index contributed by atoms with van der Waals surface area (Å²) in [6.45, 7) is 1.28. The van der Waals surface area contributed by atoms with Crippen LogP contribution in [0.2, 0.25) is 0 Å². The zero-order valence-electron chi connectivity index (χ0n) is 17.1. The lowest BCUT2D eigenvalue weighted by molar-refractivity contribution is -0.137. The maximum atomic E-state index is 12.8. The lowest BCUT2D eigenvalue weighted by Gasteiger charge is -2.25. The van der Waals surface area contributed by atoms with Gasteiger partial charge in [0.2, 0.25) is 11.7 Å². The molecule has 1 atom stereocenters. The quantitative estimate of drug-likeness (QED) is 0.539. The molecule has 9 heteroatoms. The van der Waals surface area contributed by atoms with Crippen molar-refractivity contribution in [1.29, 1.82) is 0 Å². The van der Waals surface area contributed by atoms with E-state index in [1.807, 2.05) is 18.2 Å². The Balaban J connectivity index is 1.52. The molecule has 1 fully saturated rings. The molecule has 1 aromatic heterocycles. The van der Waals surface area contributed by atoms with E-state index in [1.54, 1.807) is 14.2 Å². The molecule has 31 heavy (non-hydrogen) atoms. The molecule has 164 valence electrons. The Morgan fingerprint density at radius 1 is 1.10 bits per heavy atom. The SMILES string of the molecule is COc1ccc(OC)c(C2CCCN2Cc2nc(-c3ccc(C(F)(F)F)cc3)no2)c1. The van der Waals surface area contributed by atoms with Crippen LogP contribution in [0.3, 0.4) is 0 Å². The van der Waals surface area contributed by atoms with Gasteiger partial charge >= 0.3 is 6.18 Å². The van der Waals surface area contributed by atoms with Crippen LogP contribution in [0, 0.1) is 0 Å². The average molecular weight is 433 g/mol. The minimum atomic E-state index is -4.38. The van der Waals surface area contributed by atoms with E-state index in [2.05, 4.69) is 15.0 Å². The first-order valence-corrected chi connectivity index (χ1v) is 9.85. The van der Waals surface area contributed by atoms with E-state index in [0.29, 0.717) is 18.0 Å². The molecule has 0 aliphatic carbocycles. The van der Waals surface area contributed by atoms with Crippen molar-refractivity contribution in [1.82, 2.24) is 15.0 Å². The second-order valence-electron chi connectivity index (χ2n) is 7.32. The molecule has 0 bridgehead atoms. The first-order chi connectivity index (χ1) is 14.9. The molecule has 1 unspecified atom stereocenters. The Hall–Kier alpha value is -3.07. The van der Waals surface area contributed by atoms with Gasteiger partial charge in [0, 0.05) is 17.2 Å². The second-order valence-corrected chi connectivity index (χ2v) is 7.32. The number of ether oxygens (including phenoxy) is 2. The molecule has 2 aromatic carbocycles. The maximum Gasteiger partial charge on any atom is 0.416 e. The highest BCUT2D eigenvalue weighted by atomic mass is 19.4. The number of methoxy groups -OCH3 is 2. The monoisotopic (exact) mass is 433 g/mol. The predicted octanol–water partition coefficient (Wildman–Crippen LogP) is 5.11. The highest BCUT2D eigenvalue weighted by Gasteiger charge is 2.31. The van der Waals surface area contributed by atoms with Crippen molar-refractivity contribution >= 4 is 0 Å². The highest BCUT2D eigenvalue weighted by Crippen LogP contribution is 2.39. The molecule has 1 aliphatic heterocycles. The smallest absolute Gasteiger partial charge is 0.416 e. The maximum absolute atomic E-state index is 12.8. The lowest BCUT2D eigenvalue weighted by atomic mass is 10.0. The Bertz CT molecular complexity index is 1030. The van der Waals surface area contributed by atoms with Crippen molar-refractivity contribution in [3.63, 3.8) is 0 Å². The van der Waals surface area contributed by atoms with Gasteiger partial charge in [0.15, 0.2) is 0 Å². The minimum absolute atomic E-state index is 0.103. The van der Waals surface area contributed by atoms with Crippen LogP contribution < -0.4 is 9.47 Å². The molecule has 2 heterocycles. The number of aromatic nitrogens is 2. The predicted molar refractivity (Wildman–Crippen MR) is 107 cm³/mol. The summed E-state index contributed by atoms with van der Waals surface area (Å²) in [5, 5.41) is 3.94. The minimum Gasteiger partial charge on any atom is -0.497 e. The topological polar surface area (TPSA) is 60.6 Å². The normalized spacial score (nSPS) is 17.1. The fourth-order valence-electron chi connectivity index (χ4n) is 3.89. The molecular formula is C22H22F3N3O3. The van der Waals surface area contributed by atoms with Crippen molar-refractivity contribution in [3.8, 4) is 22.9 Å². The van der Waals surface area contributed by atoms with Gasteiger partial charge in [0.25, 0.3) is 0 Å². The number of alkyl halides is 3. The Labute approximate surface area is 177 Å². The van der Waals surface area contributed by atoms with E-state index in [-0.39, 0.29) is 11.9 Å². The van der Waals surface area contributed by atoms with Gasteiger partial charge in [0.05, 0.1) is 26.3 Å². The first kappa shape index (κ1) is 21.2. The van der Waals surface area contributed by atoms with Crippen molar-refractivity contribution in [2.75, 3.05) is 20.8 Å². The van der Waals surface area contributed by atoms with Gasteiger partial charge in [-0.2, -0.15) is 18.2 Å². The zero-order chi connectivity index (χ0) is 22.0. The van der Waals surface area contributed by atoms with Gasteiger partial charge in [-0.1, -0.05) is 17.3 Å². The van der Waals surface area contributed by atoms with E-state index in [1.165, 1.54) is 12.1 Å². The third-order valence-corrected chi connectivity index (χ3v) is 5.44. The van der Waals surface area contributed by atoms with Crippen molar-refractivity contribution in [3.05, 3.63) is 59.5 Å². The molecule has 1 aliphatic rings. The van der Waals surface area contributed by atoms with Gasteiger partial charge in [-0.25, -0.2) is 0 Å². The molecule has 4 rings (SSSR count). The summed E-state index contributed by atoms with van der Waals surface area (Å²) in [4.78, 5) is 6.61.